The van der Waals surface area contributed by atoms with Gasteiger partial charge in [-0.3, -0.25) is 0 Å². The van der Waals surface area contributed by atoms with Crippen LogP contribution in [0.3, 0.4) is 0 Å². The highest BCUT2D eigenvalue weighted by atomic mass is 19.4. The summed E-state index contributed by atoms with van der Waals surface area (Å²) in [5.74, 6) is 0. The molecule has 0 aromatic heterocycles. The van der Waals surface area contributed by atoms with Crippen LogP contribution < -0.4 is 0 Å². The summed E-state index contributed by atoms with van der Waals surface area (Å²) >= 11 is 0. The topological polar surface area (TPSA) is 0 Å². The SMILES string of the molecule is CCCCCCCC1(C(F)(F)F)CCC1. The Morgan fingerprint density at radius 2 is 1.60 bits per heavy atom. The Kier molecular flexibility index (Phi) is 4.47. The van der Waals surface area contributed by atoms with Crippen LogP contribution in [-0.4, -0.2) is 6.18 Å². The molecule has 0 aromatic carbocycles. The molecule has 1 aliphatic carbocycles. The molecule has 0 unspecified atom stereocenters. The van der Waals surface area contributed by atoms with E-state index < -0.39 is 11.6 Å². The number of halogens is 3. The second-order valence-corrected chi connectivity index (χ2v) is 4.80. The van der Waals surface area contributed by atoms with E-state index in [1.165, 1.54) is 0 Å². The van der Waals surface area contributed by atoms with Gasteiger partial charge in [-0.25, -0.2) is 0 Å². The molecule has 0 N–H and O–H groups in total. The van der Waals surface area contributed by atoms with Gasteiger partial charge in [-0.2, -0.15) is 13.2 Å². The lowest BCUT2D eigenvalue weighted by Crippen LogP contribution is -2.43. The van der Waals surface area contributed by atoms with Crippen molar-refractivity contribution in [3.8, 4) is 0 Å². The molecule has 0 aromatic rings. The van der Waals surface area contributed by atoms with Crippen LogP contribution >= 0.6 is 0 Å². The highest BCUT2D eigenvalue weighted by molar-refractivity contribution is 4.93. The van der Waals surface area contributed by atoms with Crippen molar-refractivity contribution in [2.45, 2.75) is 70.9 Å². The van der Waals surface area contributed by atoms with Crippen LogP contribution in [0.1, 0.15) is 64.7 Å². The molecular weight excluding hydrogens is 201 g/mol. The highest BCUT2D eigenvalue weighted by Crippen LogP contribution is 2.56. The van der Waals surface area contributed by atoms with E-state index in [0.29, 0.717) is 19.3 Å². The van der Waals surface area contributed by atoms with E-state index in [2.05, 4.69) is 6.92 Å². The molecule has 0 heterocycles. The zero-order chi connectivity index (χ0) is 11.4. The van der Waals surface area contributed by atoms with Gasteiger partial charge in [-0.1, -0.05) is 45.4 Å². The fourth-order valence-electron chi connectivity index (χ4n) is 2.35. The maximum absolute atomic E-state index is 12.7. The molecule has 0 nitrogen and oxygen atoms in total. The number of hydrogen-bond acceptors (Lipinski definition) is 0. The average molecular weight is 222 g/mol. The first-order chi connectivity index (χ1) is 7.02. The van der Waals surface area contributed by atoms with Crippen LogP contribution in [0.25, 0.3) is 0 Å². The van der Waals surface area contributed by atoms with Crippen molar-refractivity contribution < 1.29 is 13.2 Å². The molecule has 90 valence electrons. The third-order valence-corrected chi connectivity index (χ3v) is 3.67. The number of hydrogen-bond donors (Lipinski definition) is 0. The van der Waals surface area contributed by atoms with E-state index in [4.69, 9.17) is 0 Å². The molecule has 0 saturated heterocycles. The fraction of sp³-hybridized carbons (Fsp3) is 1.00. The highest BCUT2D eigenvalue weighted by Gasteiger charge is 2.57. The van der Waals surface area contributed by atoms with E-state index in [0.717, 1.165) is 38.5 Å². The van der Waals surface area contributed by atoms with Crippen molar-refractivity contribution in [1.82, 2.24) is 0 Å². The van der Waals surface area contributed by atoms with Crippen LogP contribution in [0.15, 0.2) is 0 Å². The third-order valence-electron chi connectivity index (χ3n) is 3.67. The normalized spacial score (nSPS) is 20.0. The first-order valence-electron chi connectivity index (χ1n) is 6.08. The molecule has 0 radical (unpaired) electrons. The van der Waals surface area contributed by atoms with Gasteiger partial charge in [0.2, 0.25) is 0 Å². The largest absolute Gasteiger partial charge is 0.394 e. The van der Waals surface area contributed by atoms with E-state index >= 15 is 0 Å². The van der Waals surface area contributed by atoms with Crippen molar-refractivity contribution >= 4 is 0 Å². The summed E-state index contributed by atoms with van der Waals surface area (Å²) in [5, 5.41) is 0. The molecule has 0 bridgehead atoms. The number of unbranched alkanes of at least 4 members (excludes halogenated alkanes) is 4. The van der Waals surface area contributed by atoms with Gasteiger partial charge in [0.15, 0.2) is 0 Å². The Labute approximate surface area is 90.2 Å². The predicted octanol–water partition coefficient (Wildman–Crippen LogP) is 5.08. The maximum atomic E-state index is 12.7. The van der Waals surface area contributed by atoms with Crippen molar-refractivity contribution in [2.24, 2.45) is 5.41 Å². The molecule has 1 saturated carbocycles. The van der Waals surface area contributed by atoms with Crippen LogP contribution in [0.2, 0.25) is 0 Å². The summed E-state index contributed by atoms with van der Waals surface area (Å²) in [6, 6.07) is 0. The van der Waals surface area contributed by atoms with Crippen LogP contribution in [-0.2, 0) is 0 Å². The first-order valence-corrected chi connectivity index (χ1v) is 6.08. The van der Waals surface area contributed by atoms with Gasteiger partial charge in [0.05, 0.1) is 5.41 Å². The fourth-order valence-corrected chi connectivity index (χ4v) is 2.35. The monoisotopic (exact) mass is 222 g/mol. The summed E-state index contributed by atoms with van der Waals surface area (Å²) < 4.78 is 38.2. The molecule has 1 rings (SSSR count). The molecule has 0 atom stereocenters. The molecule has 0 spiro atoms. The zero-order valence-corrected chi connectivity index (χ0v) is 9.50. The predicted molar refractivity (Wildman–Crippen MR) is 55.7 cm³/mol. The summed E-state index contributed by atoms with van der Waals surface area (Å²) in [6.45, 7) is 2.11. The van der Waals surface area contributed by atoms with Crippen molar-refractivity contribution in [3.63, 3.8) is 0 Å². The maximum Gasteiger partial charge on any atom is 0.394 e. The zero-order valence-electron chi connectivity index (χ0n) is 9.50. The second-order valence-electron chi connectivity index (χ2n) is 4.80. The summed E-state index contributed by atoms with van der Waals surface area (Å²) in [7, 11) is 0. The lowest BCUT2D eigenvalue weighted by molar-refractivity contribution is -0.253. The van der Waals surface area contributed by atoms with Gasteiger partial charge in [0.25, 0.3) is 0 Å². The average Bonchev–Trinajstić information content (AvgIpc) is 2.05. The van der Waals surface area contributed by atoms with Gasteiger partial charge in [0, 0.05) is 0 Å². The molecule has 3 heteroatoms. The van der Waals surface area contributed by atoms with Crippen LogP contribution in [0, 0.1) is 5.41 Å². The lowest BCUT2D eigenvalue weighted by Gasteiger charge is -2.43. The Balaban J connectivity index is 2.23. The quantitative estimate of drug-likeness (QED) is 0.550. The van der Waals surface area contributed by atoms with Gasteiger partial charge in [-0.05, 0) is 19.3 Å². The lowest BCUT2D eigenvalue weighted by atomic mass is 9.65. The number of rotatable bonds is 6. The minimum Gasteiger partial charge on any atom is -0.171 e. The molecule has 0 amide bonds. The molecule has 1 fully saturated rings. The van der Waals surface area contributed by atoms with E-state index in [9.17, 15) is 13.2 Å². The van der Waals surface area contributed by atoms with Gasteiger partial charge < -0.3 is 0 Å². The molecular formula is C12H21F3. The van der Waals surface area contributed by atoms with E-state index in [1.807, 2.05) is 0 Å². The van der Waals surface area contributed by atoms with Crippen molar-refractivity contribution in [3.05, 3.63) is 0 Å². The van der Waals surface area contributed by atoms with Crippen molar-refractivity contribution in [1.29, 1.82) is 0 Å². The van der Waals surface area contributed by atoms with Crippen LogP contribution in [0.4, 0.5) is 13.2 Å². The van der Waals surface area contributed by atoms with Gasteiger partial charge in [0.1, 0.15) is 0 Å². The summed E-state index contributed by atoms with van der Waals surface area (Å²) in [4.78, 5) is 0. The minimum atomic E-state index is -3.96. The first kappa shape index (κ1) is 12.9. The Morgan fingerprint density at radius 1 is 1.00 bits per heavy atom. The number of alkyl halides is 3. The van der Waals surface area contributed by atoms with Crippen molar-refractivity contribution in [2.75, 3.05) is 0 Å². The summed E-state index contributed by atoms with van der Waals surface area (Å²) in [5.41, 5.74) is -1.29. The third kappa shape index (κ3) is 3.12. The minimum absolute atomic E-state index is 0.361. The van der Waals surface area contributed by atoms with Crippen LogP contribution in [0.5, 0.6) is 0 Å². The molecule has 1 aliphatic rings. The molecule has 15 heavy (non-hydrogen) atoms. The van der Waals surface area contributed by atoms with E-state index in [1.54, 1.807) is 0 Å². The van der Waals surface area contributed by atoms with Gasteiger partial charge in [-0.15, -0.1) is 0 Å². The Morgan fingerprint density at radius 3 is 2.00 bits per heavy atom. The smallest absolute Gasteiger partial charge is 0.171 e. The standard InChI is InChI=1S/C12H21F3/c1-2-3-4-5-6-8-11(9-7-10-11)12(13,14)15/h2-10H2,1H3. The molecule has 0 aliphatic heterocycles. The van der Waals surface area contributed by atoms with Gasteiger partial charge >= 0.3 is 6.18 Å². The second kappa shape index (κ2) is 5.22. The Bertz CT molecular complexity index is 180. The Hall–Kier alpha value is -0.210. The summed E-state index contributed by atoms with van der Waals surface area (Å²) in [6.07, 6.45) is 2.98. The van der Waals surface area contributed by atoms with E-state index in [-0.39, 0.29) is 0 Å².